The van der Waals surface area contributed by atoms with Crippen LogP contribution >= 0.6 is 0 Å². The van der Waals surface area contributed by atoms with Crippen LogP contribution in [0.1, 0.15) is 19.3 Å². The first-order valence-corrected chi connectivity index (χ1v) is 6.09. The average Bonchev–Trinajstić information content (AvgIpc) is 3.14. The van der Waals surface area contributed by atoms with Crippen molar-refractivity contribution in [2.75, 3.05) is 13.2 Å². The highest BCUT2D eigenvalue weighted by atomic mass is 16.5. The summed E-state index contributed by atoms with van der Waals surface area (Å²) < 4.78 is 5.55. The van der Waals surface area contributed by atoms with Crippen LogP contribution in [0.3, 0.4) is 0 Å². The van der Waals surface area contributed by atoms with Crippen LogP contribution in [0.25, 0.3) is 0 Å². The Morgan fingerprint density at radius 2 is 2.12 bits per heavy atom. The molecule has 1 aromatic carbocycles. The molecule has 0 aromatic heterocycles. The van der Waals surface area contributed by atoms with Gasteiger partial charge in [-0.1, -0.05) is 18.2 Å². The molecule has 0 amide bonds. The van der Waals surface area contributed by atoms with Crippen molar-refractivity contribution >= 4 is 5.96 Å². The summed E-state index contributed by atoms with van der Waals surface area (Å²) in [6.45, 7) is 1.38. The molecule has 0 atom stereocenters. The van der Waals surface area contributed by atoms with Gasteiger partial charge < -0.3 is 15.8 Å². The lowest BCUT2D eigenvalue weighted by Crippen LogP contribution is -2.33. The van der Waals surface area contributed by atoms with Crippen molar-refractivity contribution in [1.82, 2.24) is 5.32 Å². The number of ether oxygens (including phenoxy) is 1. The smallest absolute Gasteiger partial charge is 0.188 e. The van der Waals surface area contributed by atoms with Crippen LogP contribution in [-0.2, 0) is 0 Å². The first-order valence-electron chi connectivity index (χ1n) is 6.09. The lowest BCUT2D eigenvalue weighted by molar-refractivity contribution is 0.313. The summed E-state index contributed by atoms with van der Waals surface area (Å²) in [6.07, 6.45) is 3.31. The molecule has 1 fully saturated rings. The molecule has 0 saturated heterocycles. The second-order valence-electron chi connectivity index (χ2n) is 4.20. The molecule has 1 aliphatic carbocycles. The summed E-state index contributed by atoms with van der Waals surface area (Å²) in [7, 11) is 0. The van der Waals surface area contributed by atoms with Crippen molar-refractivity contribution in [3.8, 4) is 5.75 Å². The van der Waals surface area contributed by atoms with Crippen molar-refractivity contribution < 1.29 is 4.74 Å². The zero-order chi connectivity index (χ0) is 11.9. The maximum absolute atomic E-state index is 5.71. The van der Waals surface area contributed by atoms with Crippen molar-refractivity contribution in [1.29, 1.82) is 0 Å². The summed E-state index contributed by atoms with van der Waals surface area (Å²) >= 11 is 0. The molecule has 0 aliphatic heterocycles. The van der Waals surface area contributed by atoms with E-state index in [4.69, 9.17) is 10.5 Å². The Morgan fingerprint density at radius 1 is 1.35 bits per heavy atom. The topological polar surface area (TPSA) is 59.6 Å². The summed E-state index contributed by atoms with van der Waals surface area (Å²) in [5.74, 6) is 1.47. The van der Waals surface area contributed by atoms with E-state index in [9.17, 15) is 0 Å². The van der Waals surface area contributed by atoms with Gasteiger partial charge in [0.05, 0.1) is 6.61 Å². The van der Waals surface area contributed by atoms with E-state index >= 15 is 0 Å². The minimum atomic E-state index is 0.562. The van der Waals surface area contributed by atoms with Crippen LogP contribution in [0.2, 0.25) is 0 Å². The average molecular weight is 233 g/mol. The standard InChI is InChI=1S/C13H19N3O/c14-13(16-11-7-8-11)15-9-4-10-17-12-5-2-1-3-6-12/h1-3,5-6,11H,4,7-10H2,(H3,14,15,16). The first kappa shape index (κ1) is 11.8. The fraction of sp³-hybridized carbons (Fsp3) is 0.462. The highest BCUT2D eigenvalue weighted by molar-refractivity contribution is 5.78. The van der Waals surface area contributed by atoms with Crippen LogP contribution < -0.4 is 15.8 Å². The molecule has 3 N–H and O–H groups in total. The summed E-state index contributed by atoms with van der Waals surface area (Å²) in [5, 5.41) is 3.15. The quantitative estimate of drug-likeness (QED) is 0.445. The Hall–Kier alpha value is -1.71. The fourth-order valence-corrected chi connectivity index (χ4v) is 1.45. The molecule has 4 heteroatoms. The number of aliphatic imine (C=N–C) groups is 1. The third kappa shape index (κ3) is 4.76. The summed E-state index contributed by atoms with van der Waals surface area (Å²) in [6, 6.07) is 10.4. The normalized spacial score (nSPS) is 15.6. The van der Waals surface area contributed by atoms with Gasteiger partial charge in [-0.05, 0) is 25.0 Å². The molecule has 1 aromatic rings. The van der Waals surface area contributed by atoms with Crippen LogP contribution in [0.4, 0.5) is 0 Å². The number of benzene rings is 1. The molecule has 0 radical (unpaired) electrons. The predicted octanol–water partition coefficient (Wildman–Crippen LogP) is 1.52. The molecular formula is C13H19N3O. The zero-order valence-corrected chi connectivity index (χ0v) is 9.93. The molecule has 4 nitrogen and oxygen atoms in total. The Balaban J connectivity index is 1.56. The van der Waals surface area contributed by atoms with E-state index in [0.717, 1.165) is 12.2 Å². The van der Waals surface area contributed by atoms with E-state index in [0.29, 0.717) is 25.2 Å². The van der Waals surface area contributed by atoms with Crippen LogP contribution in [0.15, 0.2) is 35.3 Å². The van der Waals surface area contributed by atoms with Gasteiger partial charge in [0.2, 0.25) is 0 Å². The number of rotatable bonds is 6. The molecule has 0 unspecified atom stereocenters. The first-order chi connectivity index (χ1) is 8.34. The van der Waals surface area contributed by atoms with Gasteiger partial charge in [-0.2, -0.15) is 0 Å². The molecule has 1 aliphatic rings. The molecular weight excluding hydrogens is 214 g/mol. The highest BCUT2D eigenvalue weighted by Crippen LogP contribution is 2.17. The van der Waals surface area contributed by atoms with E-state index in [1.807, 2.05) is 30.3 Å². The van der Waals surface area contributed by atoms with Gasteiger partial charge in [-0.25, -0.2) is 0 Å². The van der Waals surface area contributed by atoms with Crippen molar-refractivity contribution in [2.24, 2.45) is 10.7 Å². The van der Waals surface area contributed by atoms with Gasteiger partial charge in [0.15, 0.2) is 5.96 Å². The molecule has 0 heterocycles. The van der Waals surface area contributed by atoms with E-state index in [1.165, 1.54) is 12.8 Å². The molecule has 0 spiro atoms. The second kappa shape index (κ2) is 6.13. The Bertz CT molecular complexity index is 360. The van der Waals surface area contributed by atoms with Crippen molar-refractivity contribution in [2.45, 2.75) is 25.3 Å². The van der Waals surface area contributed by atoms with Gasteiger partial charge in [0, 0.05) is 19.0 Å². The third-order valence-electron chi connectivity index (χ3n) is 2.53. The van der Waals surface area contributed by atoms with Crippen LogP contribution in [-0.4, -0.2) is 25.2 Å². The van der Waals surface area contributed by atoms with Crippen LogP contribution in [0.5, 0.6) is 5.75 Å². The number of nitrogens with one attached hydrogen (secondary N) is 1. The van der Waals surface area contributed by atoms with Crippen molar-refractivity contribution in [3.63, 3.8) is 0 Å². The van der Waals surface area contributed by atoms with Gasteiger partial charge >= 0.3 is 0 Å². The van der Waals surface area contributed by atoms with Gasteiger partial charge in [0.25, 0.3) is 0 Å². The number of guanidine groups is 1. The minimum absolute atomic E-state index is 0.562. The monoisotopic (exact) mass is 233 g/mol. The largest absolute Gasteiger partial charge is 0.494 e. The van der Waals surface area contributed by atoms with E-state index < -0.39 is 0 Å². The number of para-hydroxylation sites is 1. The molecule has 17 heavy (non-hydrogen) atoms. The lowest BCUT2D eigenvalue weighted by Gasteiger charge is -2.05. The second-order valence-corrected chi connectivity index (χ2v) is 4.20. The number of nitrogens with zero attached hydrogens (tertiary/aromatic N) is 1. The predicted molar refractivity (Wildman–Crippen MR) is 69.2 cm³/mol. The van der Waals surface area contributed by atoms with Gasteiger partial charge in [0.1, 0.15) is 5.75 Å². The number of hydrogen-bond acceptors (Lipinski definition) is 2. The Kier molecular flexibility index (Phi) is 4.24. The summed E-state index contributed by atoms with van der Waals surface area (Å²) in [4.78, 5) is 4.24. The SMILES string of the molecule is NC(=NCCCOc1ccccc1)NC1CC1. The maximum Gasteiger partial charge on any atom is 0.188 e. The van der Waals surface area contributed by atoms with Crippen LogP contribution in [0, 0.1) is 0 Å². The van der Waals surface area contributed by atoms with E-state index in [1.54, 1.807) is 0 Å². The van der Waals surface area contributed by atoms with E-state index in [-0.39, 0.29) is 0 Å². The Morgan fingerprint density at radius 3 is 2.82 bits per heavy atom. The zero-order valence-electron chi connectivity index (χ0n) is 9.93. The maximum atomic E-state index is 5.71. The molecule has 1 saturated carbocycles. The minimum Gasteiger partial charge on any atom is -0.494 e. The number of hydrogen-bond donors (Lipinski definition) is 2. The fourth-order valence-electron chi connectivity index (χ4n) is 1.45. The van der Waals surface area contributed by atoms with Gasteiger partial charge in [-0.15, -0.1) is 0 Å². The molecule has 0 bridgehead atoms. The molecule has 2 rings (SSSR count). The van der Waals surface area contributed by atoms with E-state index in [2.05, 4.69) is 10.3 Å². The third-order valence-corrected chi connectivity index (χ3v) is 2.53. The number of nitrogens with two attached hydrogens (primary N) is 1. The lowest BCUT2D eigenvalue weighted by atomic mass is 10.3. The highest BCUT2D eigenvalue weighted by Gasteiger charge is 2.21. The van der Waals surface area contributed by atoms with Crippen molar-refractivity contribution in [3.05, 3.63) is 30.3 Å². The van der Waals surface area contributed by atoms with Gasteiger partial charge in [-0.3, -0.25) is 4.99 Å². The summed E-state index contributed by atoms with van der Waals surface area (Å²) in [5.41, 5.74) is 5.71. The Labute approximate surface area is 102 Å². The molecule has 92 valence electrons.